The zero-order chi connectivity index (χ0) is 16.0. The van der Waals surface area contributed by atoms with Crippen LogP contribution in [0, 0.1) is 0 Å². The highest BCUT2D eigenvalue weighted by atomic mass is 16.3. The third kappa shape index (κ3) is 1.96. The maximum absolute atomic E-state index is 12.5. The normalized spacial score (nSPS) is 13.5. The van der Waals surface area contributed by atoms with E-state index in [1.54, 1.807) is 48.5 Å². The molecule has 0 saturated carbocycles. The van der Waals surface area contributed by atoms with Crippen molar-refractivity contribution in [3.8, 4) is 0 Å². The van der Waals surface area contributed by atoms with E-state index < -0.39 is 0 Å². The van der Waals surface area contributed by atoms with E-state index in [2.05, 4.69) is 0 Å². The lowest BCUT2D eigenvalue weighted by Crippen LogP contribution is -2.07. The van der Waals surface area contributed by atoms with Crippen molar-refractivity contribution in [1.29, 1.82) is 0 Å². The van der Waals surface area contributed by atoms with E-state index in [9.17, 15) is 14.4 Å². The molecule has 4 heteroatoms. The van der Waals surface area contributed by atoms with E-state index in [1.165, 1.54) is 12.3 Å². The summed E-state index contributed by atoms with van der Waals surface area (Å²) in [6, 6.07) is 13.5. The Kier molecular flexibility index (Phi) is 2.84. The van der Waals surface area contributed by atoms with Crippen molar-refractivity contribution in [3.63, 3.8) is 0 Å². The van der Waals surface area contributed by atoms with Crippen LogP contribution in [0.15, 0.2) is 69.6 Å². The zero-order valence-corrected chi connectivity index (χ0v) is 11.9. The molecule has 23 heavy (non-hydrogen) atoms. The molecule has 0 amide bonds. The fourth-order valence-corrected chi connectivity index (χ4v) is 2.75. The van der Waals surface area contributed by atoms with Crippen LogP contribution in [0.1, 0.15) is 26.3 Å². The molecule has 1 aromatic heterocycles. The molecule has 0 unspecified atom stereocenters. The Balaban J connectivity index is 1.90. The van der Waals surface area contributed by atoms with Gasteiger partial charge in [0.1, 0.15) is 11.8 Å². The second-order valence-corrected chi connectivity index (χ2v) is 5.28. The number of Topliss-reactive ketones (excluding diaryl/α,β-unsaturated/α-hetero) is 2. The summed E-state index contributed by atoms with van der Waals surface area (Å²) in [5.74, 6) is -0.726. The fourth-order valence-electron chi connectivity index (χ4n) is 2.75. The van der Waals surface area contributed by atoms with Gasteiger partial charge in [0, 0.05) is 11.1 Å². The van der Waals surface area contributed by atoms with E-state index in [1.807, 2.05) is 0 Å². The van der Waals surface area contributed by atoms with Crippen molar-refractivity contribution in [1.82, 2.24) is 0 Å². The molecule has 4 rings (SSSR count). The first-order chi connectivity index (χ1) is 11.2. The van der Waals surface area contributed by atoms with E-state index in [-0.39, 0.29) is 28.1 Å². The summed E-state index contributed by atoms with van der Waals surface area (Å²) in [5.41, 5.74) is 1.12. The molecule has 0 N–H and O–H groups in total. The summed E-state index contributed by atoms with van der Waals surface area (Å²) >= 11 is 0. The SMILES string of the molecule is O=C1C(=Cc2coc3ccccc3c2=O)C(=O)c2ccccc21. The average molecular weight is 302 g/mol. The first-order valence-corrected chi connectivity index (χ1v) is 7.07. The fraction of sp³-hybridized carbons (Fsp3) is 0. The number of carbonyl (C=O) groups excluding carboxylic acids is 2. The lowest BCUT2D eigenvalue weighted by atomic mass is 10.1. The maximum Gasteiger partial charge on any atom is 0.199 e. The molecule has 0 saturated heterocycles. The summed E-state index contributed by atoms with van der Waals surface area (Å²) in [5, 5.41) is 0.414. The highest BCUT2D eigenvalue weighted by Crippen LogP contribution is 2.27. The second-order valence-electron chi connectivity index (χ2n) is 5.28. The van der Waals surface area contributed by atoms with Gasteiger partial charge >= 0.3 is 0 Å². The molecule has 0 aliphatic heterocycles. The first-order valence-electron chi connectivity index (χ1n) is 7.07. The number of hydrogen-bond acceptors (Lipinski definition) is 4. The lowest BCUT2D eigenvalue weighted by molar-refractivity contribution is 0.0990. The first kappa shape index (κ1) is 13.4. The minimum absolute atomic E-state index is 0.00576. The lowest BCUT2D eigenvalue weighted by Gasteiger charge is -1.99. The Morgan fingerprint density at radius 3 is 2.09 bits per heavy atom. The van der Waals surface area contributed by atoms with Crippen LogP contribution in [0.4, 0.5) is 0 Å². The van der Waals surface area contributed by atoms with Crippen molar-refractivity contribution in [2.45, 2.75) is 0 Å². The van der Waals surface area contributed by atoms with Gasteiger partial charge in [-0.05, 0) is 18.2 Å². The number of carbonyl (C=O) groups is 2. The quantitative estimate of drug-likeness (QED) is 0.511. The van der Waals surface area contributed by atoms with Gasteiger partial charge in [-0.25, -0.2) is 0 Å². The summed E-state index contributed by atoms with van der Waals surface area (Å²) < 4.78 is 5.41. The molecule has 4 nitrogen and oxygen atoms in total. The third-order valence-electron chi connectivity index (χ3n) is 3.91. The van der Waals surface area contributed by atoms with Crippen LogP contribution in [0.5, 0.6) is 0 Å². The molecule has 1 aliphatic rings. The number of benzene rings is 2. The Labute approximate surface area is 130 Å². The molecule has 0 bridgehead atoms. The van der Waals surface area contributed by atoms with Gasteiger partial charge < -0.3 is 4.42 Å². The van der Waals surface area contributed by atoms with Crippen LogP contribution in [0.3, 0.4) is 0 Å². The predicted molar refractivity (Wildman–Crippen MR) is 85.6 cm³/mol. The van der Waals surface area contributed by atoms with E-state index in [4.69, 9.17) is 4.42 Å². The Morgan fingerprint density at radius 2 is 1.39 bits per heavy atom. The van der Waals surface area contributed by atoms with Gasteiger partial charge in [0.25, 0.3) is 0 Å². The summed E-state index contributed by atoms with van der Waals surface area (Å²) in [7, 11) is 0. The monoisotopic (exact) mass is 302 g/mol. The minimum Gasteiger partial charge on any atom is -0.463 e. The van der Waals surface area contributed by atoms with E-state index in [0.29, 0.717) is 22.1 Å². The zero-order valence-electron chi connectivity index (χ0n) is 11.9. The van der Waals surface area contributed by atoms with Gasteiger partial charge in [0.05, 0.1) is 16.5 Å². The molecule has 0 spiro atoms. The second kappa shape index (κ2) is 4.88. The van der Waals surface area contributed by atoms with Crippen LogP contribution in [-0.2, 0) is 0 Å². The molecule has 3 aromatic rings. The molecule has 110 valence electrons. The Hall–Kier alpha value is -3.27. The summed E-state index contributed by atoms with van der Waals surface area (Å²) in [6.07, 6.45) is 2.60. The highest BCUT2D eigenvalue weighted by molar-refractivity contribution is 6.41. The summed E-state index contributed by atoms with van der Waals surface area (Å²) in [6.45, 7) is 0. The van der Waals surface area contributed by atoms with Crippen molar-refractivity contribution < 1.29 is 14.0 Å². The van der Waals surface area contributed by atoms with Gasteiger partial charge in [-0.1, -0.05) is 36.4 Å². The van der Waals surface area contributed by atoms with Crippen molar-refractivity contribution in [2.24, 2.45) is 0 Å². The van der Waals surface area contributed by atoms with Crippen molar-refractivity contribution >= 4 is 28.6 Å². The van der Waals surface area contributed by atoms with Gasteiger partial charge in [0.15, 0.2) is 17.0 Å². The standard InChI is InChI=1S/C19H10O4/c20-17-11(10-23-16-8-4-3-7-14(16)17)9-15-18(21)12-5-1-2-6-13(12)19(15)22/h1-10H. The minimum atomic E-state index is -0.363. The van der Waals surface area contributed by atoms with Crippen LogP contribution < -0.4 is 5.43 Å². The van der Waals surface area contributed by atoms with E-state index >= 15 is 0 Å². The predicted octanol–water partition coefficient (Wildman–Crippen LogP) is 3.26. The van der Waals surface area contributed by atoms with Crippen molar-refractivity contribution in [3.05, 3.63) is 87.3 Å². The molecular formula is C19H10O4. The number of ketones is 2. The highest BCUT2D eigenvalue weighted by Gasteiger charge is 2.32. The van der Waals surface area contributed by atoms with E-state index in [0.717, 1.165) is 0 Å². The maximum atomic E-state index is 12.5. The van der Waals surface area contributed by atoms with Crippen LogP contribution in [-0.4, -0.2) is 11.6 Å². The number of para-hydroxylation sites is 1. The number of fused-ring (bicyclic) bond motifs is 2. The molecule has 0 radical (unpaired) electrons. The Bertz CT molecular complexity index is 1030. The van der Waals surface area contributed by atoms with Gasteiger partial charge in [0.2, 0.25) is 0 Å². The molecule has 0 atom stereocenters. The summed E-state index contributed by atoms with van der Waals surface area (Å²) in [4.78, 5) is 37.2. The topological polar surface area (TPSA) is 64.3 Å². The molecule has 2 aromatic carbocycles. The number of rotatable bonds is 1. The average Bonchev–Trinajstić information content (AvgIpc) is 2.83. The molecule has 1 aliphatic carbocycles. The van der Waals surface area contributed by atoms with Gasteiger partial charge in [-0.2, -0.15) is 0 Å². The number of hydrogen-bond donors (Lipinski definition) is 0. The Morgan fingerprint density at radius 1 is 0.783 bits per heavy atom. The third-order valence-corrected chi connectivity index (χ3v) is 3.91. The van der Waals surface area contributed by atoms with Gasteiger partial charge in [-0.15, -0.1) is 0 Å². The van der Waals surface area contributed by atoms with Crippen LogP contribution in [0.2, 0.25) is 0 Å². The largest absolute Gasteiger partial charge is 0.463 e. The number of allylic oxidation sites excluding steroid dienone is 1. The van der Waals surface area contributed by atoms with Crippen molar-refractivity contribution in [2.75, 3.05) is 0 Å². The van der Waals surface area contributed by atoms with Gasteiger partial charge in [-0.3, -0.25) is 14.4 Å². The van der Waals surface area contributed by atoms with Crippen LogP contribution in [0.25, 0.3) is 17.0 Å². The molecule has 0 fully saturated rings. The van der Waals surface area contributed by atoms with Crippen LogP contribution >= 0.6 is 0 Å². The molecule has 1 heterocycles. The smallest absolute Gasteiger partial charge is 0.199 e. The molecular weight excluding hydrogens is 292 g/mol.